The van der Waals surface area contributed by atoms with Crippen LogP contribution in [-0.4, -0.2) is 17.7 Å². The first-order valence-electron chi connectivity index (χ1n) is 5.88. The van der Waals surface area contributed by atoms with E-state index in [4.69, 9.17) is 11.2 Å². The average Bonchev–Trinajstić information content (AvgIpc) is 2.15. The highest BCUT2D eigenvalue weighted by Crippen LogP contribution is 2.24. The van der Waals surface area contributed by atoms with Gasteiger partial charge in [0.15, 0.2) is 0 Å². The van der Waals surface area contributed by atoms with Gasteiger partial charge in [0, 0.05) is 12.0 Å². The SMILES string of the molecule is C#C[C@@H]1CCCC[C@H]1NC(=O)OC(C)(C)C. The zero-order valence-corrected chi connectivity index (χ0v) is 10.4. The number of amides is 1. The van der Waals surface area contributed by atoms with Crippen molar-refractivity contribution in [1.29, 1.82) is 0 Å². The van der Waals surface area contributed by atoms with Crippen molar-refractivity contribution in [3.05, 3.63) is 0 Å². The summed E-state index contributed by atoms with van der Waals surface area (Å²) in [7, 11) is 0. The molecule has 0 aromatic heterocycles. The number of hydrogen-bond acceptors (Lipinski definition) is 2. The number of ether oxygens (including phenoxy) is 1. The van der Waals surface area contributed by atoms with Gasteiger partial charge in [-0.05, 0) is 33.6 Å². The van der Waals surface area contributed by atoms with Crippen LogP contribution in [0.15, 0.2) is 0 Å². The van der Waals surface area contributed by atoms with Crippen molar-refractivity contribution in [1.82, 2.24) is 5.32 Å². The van der Waals surface area contributed by atoms with Crippen molar-refractivity contribution >= 4 is 6.09 Å². The van der Waals surface area contributed by atoms with Crippen molar-refractivity contribution in [2.24, 2.45) is 5.92 Å². The third kappa shape index (κ3) is 4.14. The molecule has 0 radical (unpaired) electrons. The van der Waals surface area contributed by atoms with Crippen molar-refractivity contribution in [3.8, 4) is 12.3 Å². The van der Waals surface area contributed by atoms with E-state index in [1.54, 1.807) is 0 Å². The third-order valence-corrected chi connectivity index (χ3v) is 2.68. The van der Waals surface area contributed by atoms with Gasteiger partial charge in [0.25, 0.3) is 0 Å². The Morgan fingerprint density at radius 3 is 2.56 bits per heavy atom. The van der Waals surface area contributed by atoms with E-state index in [0.29, 0.717) is 0 Å². The second-order valence-corrected chi connectivity index (χ2v) is 5.31. The Morgan fingerprint density at radius 1 is 1.38 bits per heavy atom. The molecule has 1 N–H and O–H groups in total. The summed E-state index contributed by atoms with van der Waals surface area (Å²) in [5.41, 5.74) is -0.454. The number of terminal acetylenes is 1. The van der Waals surface area contributed by atoms with Crippen molar-refractivity contribution < 1.29 is 9.53 Å². The lowest BCUT2D eigenvalue weighted by molar-refractivity contribution is 0.0481. The predicted molar refractivity (Wildman–Crippen MR) is 63.9 cm³/mol. The molecule has 0 saturated heterocycles. The Bertz CT molecular complexity index is 285. The van der Waals surface area contributed by atoms with Crippen molar-refractivity contribution in [2.45, 2.75) is 58.1 Å². The highest BCUT2D eigenvalue weighted by Gasteiger charge is 2.26. The van der Waals surface area contributed by atoms with Crippen LogP contribution in [0.1, 0.15) is 46.5 Å². The predicted octanol–water partition coefficient (Wildman–Crippen LogP) is 2.70. The van der Waals surface area contributed by atoms with Gasteiger partial charge in [0.2, 0.25) is 0 Å². The van der Waals surface area contributed by atoms with Gasteiger partial charge in [-0.2, -0.15) is 0 Å². The van der Waals surface area contributed by atoms with Crippen LogP contribution < -0.4 is 5.32 Å². The molecule has 0 aliphatic heterocycles. The Morgan fingerprint density at radius 2 is 2.00 bits per heavy atom. The summed E-state index contributed by atoms with van der Waals surface area (Å²) in [5, 5.41) is 2.87. The maximum absolute atomic E-state index is 11.6. The largest absolute Gasteiger partial charge is 0.444 e. The number of alkyl carbamates (subject to hydrolysis) is 1. The van der Waals surface area contributed by atoms with E-state index in [0.717, 1.165) is 25.7 Å². The van der Waals surface area contributed by atoms with Crippen LogP contribution in [0.25, 0.3) is 0 Å². The van der Waals surface area contributed by atoms with Gasteiger partial charge >= 0.3 is 6.09 Å². The molecule has 3 nitrogen and oxygen atoms in total. The normalized spacial score (nSPS) is 25.6. The minimum absolute atomic E-state index is 0.0774. The van der Waals surface area contributed by atoms with Crippen LogP contribution in [0.5, 0.6) is 0 Å². The molecular formula is C13H21NO2. The van der Waals surface area contributed by atoms with Gasteiger partial charge in [-0.3, -0.25) is 0 Å². The van der Waals surface area contributed by atoms with Gasteiger partial charge in [0.05, 0.1) is 0 Å². The summed E-state index contributed by atoms with van der Waals surface area (Å²) in [4.78, 5) is 11.6. The van der Waals surface area contributed by atoms with Gasteiger partial charge in [-0.25, -0.2) is 4.79 Å². The number of carbonyl (C=O) groups excluding carboxylic acids is 1. The Hall–Kier alpha value is -1.17. The molecule has 1 aliphatic rings. The number of carbonyl (C=O) groups is 1. The molecule has 1 amide bonds. The van der Waals surface area contributed by atoms with Crippen LogP contribution in [0.4, 0.5) is 4.79 Å². The summed E-state index contributed by atoms with van der Waals surface area (Å²) >= 11 is 0. The van der Waals surface area contributed by atoms with E-state index in [9.17, 15) is 4.79 Å². The van der Waals surface area contributed by atoms with Crippen LogP contribution in [0.2, 0.25) is 0 Å². The van der Waals surface area contributed by atoms with E-state index in [-0.39, 0.29) is 18.1 Å². The molecule has 0 bridgehead atoms. The molecular weight excluding hydrogens is 202 g/mol. The summed E-state index contributed by atoms with van der Waals surface area (Å²) < 4.78 is 5.21. The molecule has 2 atom stereocenters. The standard InChI is InChI=1S/C13H21NO2/c1-5-10-8-6-7-9-11(10)14-12(15)16-13(2,3)4/h1,10-11H,6-9H2,2-4H3,(H,14,15)/t10-,11-/m1/s1. The fourth-order valence-corrected chi connectivity index (χ4v) is 1.96. The first-order chi connectivity index (χ1) is 7.42. The zero-order chi connectivity index (χ0) is 12.2. The summed E-state index contributed by atoms with van der Waals surface area (Å²) in [6.07, 6.45) is 9.32. The average molecular weight is 223 g/mol. The van der Waals surface area contributed by atoms with Crippen LogP contribution in [0.3, 0.4) is 0 Å². The summed E-state index contributed by atoms with van der Waals surface area (Å²) in [6.45, 7) is 5.56. The zero-order valence-electron chi connectivity index (χ0n) is 10.4. The summed E-state index contributed by atoms with van der Waals surface area (Å²) in [5.74, 6) is 2.91. The van der Waals surface area contributed by atoms with Crippen LogP contribution in [-0.2, 0) is 4.74 Å². The molecule has 0 aromatic carbocycles. The fraction of sp³-hybridized carbons (Fsp3) is 0.769. The maximum Gasteiger partial charge on any atom is 0.407 e. The molecule has 0 spiro atoms. The lowest BCUT2D eigenvalue weighted by Gasteiger charge is -2.29. The molecule has 3 heteroatoms. The van der Waals surface area contributed by atoms with Gasteiger partial charge < -0.3 is 10.1 Å². The van der Waals surface area contributed by atoms with Gasteiger partial charge in [0.1, 0.15) is 5.60 Å². The minimum Gasteiger partial charge on any atom is -0.444 e. The topological polar surface area (TPSA) is 38.3 Å². The number of rotatable bonds is 1. The smallest absolute Gasteiger partial charge is 0.407 e. The Labute approximate surface area is 97.9 Å². The molecule has 0 aromatic rings. The van der Waals surface area contributed by atoms with Crippen LogP contribution in [0, 0.1) is 18.3 Å². The molecule has 16 heavy (non-hydrogen) atoms. The van der Waals surface area contributed by atoms with E-state index < -0.39 is 5.60 Å². The monoisotopic (exact) mass is 223 g/mol. The van der Waals surface area contributed by atoms with E-state index >= 15 is 0 Å². The first kappa shape index (κ1) is 12.9. The Kier molecular flexibility index (Phi) is 4.23. The molecule has 0 unspecified atom stereocenters. The van der Waals surface area contributed by atoms with Gasteiger partial charge in [-0.15, -0.1) is 12.3 Å². The summed E-state index contributed by atoms with van der Waals surface area (Å²) in [6, 6.07) is 0.0774. The highest BCUT2D eigenvalue weighted by molar-refractivity contribution is 5.68. The first-order valence-corrected chi connectivity index (χ1v) is 5.88. The maximum atomic E-state index is 11.6. The van der Waals surface area contributed by atoms with E-state index in [1.807, 2.05) is 20.8 Å². The molecule has 1 rings (SSSR count). The fourth-order valence-electron chi connectivity index (χ4n) is 1.96. The van der Waals surface area contributed by atoms with Crippen LogP contribution >= 0.6 is 0 Å². The highest BCUT2D eigenvalue weighted by atomic mass is 16.6. The number of hydrogen-bond donors (Lipinski definition) is 1. The molecule has 1 fully saturated rings. The minimum atomic E-state index is -0.454. The molecule has 0 heterocycles. The Balaban J connectivity index is 2.46. The van der Waals surface area contributed by atoms with Crippen molar-refractivity contribution in [3.63, 3.8) is 0 Å². The lowest BCUT2D eigenvalue weighted by atomic mass is 9.85. The lowest BCUT2D eigenvalue weighted by Crippen LogP contribution is -2.44. The quantitative estimate of drug-likeness (QED) is 0.694. The van der Waals surface area contributed by atoms with E-state index in [2.05, 4.69) is 11.2 Å². The van der Waals surface area contributed by atoms with Crippen molar-refractivity contribution in [2.75, 3.05) is 0 Å². The molecule has 1 saturated carbocycles. The molecule has 1 aliphatic carbocycles. The second-order valence-electron chi connectivity index (χ2n) is 5.31. The molecule has 90 valence electrons. The van der Waals surface area contributed by atoms with E-state index in [1.165, 1.54) is 0 Å². The second kappa shape index (κ2) is 5.25. The third-order valence-electron chi connectivity index (χ3n) is 2.68. The van der Waals surface area contributed by atoms with Gasteiger partial charge in [-0.1, -0.05) is 12.8 Å². The number of nitrogens with one attached hydrogen (secondary N) is 1.